The van der Waals surface area contributed by atoms with Gasteiger partial charge in [-0.1, -0.05) is 6.92 Å². The van der Waals surface area contributed by atoms with E-state index in [4.69, 9.17) is 4.74 Å². The summed E-state index contributed by atoms with van der Waals surface area (Å²) in [5.41, 5.74) is 0.240. The highest BCUT2D eigenvalue weighted by Crippen LogP contribution is 2.43. The van der Waals surface area contributed by atoms with Gasteiger partial charge in [0.2, 0.25) is 5.88 Å². The SMILES string of the molecule is CCC(C)(NC(=O)c1nc(-c2ccc(F)cc2)c(C2CC2)nc1OC)C(=O)O. The number of ether oxygens (including phenoxy) is 1. The monoisotopic (exact) mass is 387 g/mol. The molecule has 1 aliphatic carbocycles. The maximum absolute atomic E-state index is 13.3. The molecule has 0 saturated heterocycles. The van der Waals surface area contributed by atoms with Crippen molar-refractivity contribution in [1.29, 1.82) is 0 Å². The Hall–Kier alpha value is -3.03. The van der Waals surface area contributed by atoms with E-state index in [0.29, 0.717) is 17.0 Å². The zero-order valence-electron chi connectivity index (χ0n) is 16.0. The molecule has 1 heterocycles. The lowest BCUT2D eigenvalue weighted by Crippen LogP contribution is -2.52. The first kappa shape index (κ1) is 19.7. The van der Waals surface area contributed by atoms with Crippen molar-refractivity contribution in [3.8, 4) is 17.1 Å². The van der Waals surface area contributed by atoms with E-state index < -0.39 is 17.4 Å². The molecule has 1 saturated carbocycles. The van der Waals surface area contributed by atoms with Crippen LogP contribution in [0, 0.1) is 5.82 Å². The van der Waals surface area contributed by atoms with Crippen LogP contribution >= 0.6 is 0 Å². The smallest absolute Gasteiger partial charge is 0.329 e. The fraction of sp³-hybridized carbons (Fsp3) is 0.400. The molecule has 1 unspecified atom stereocenters. The molecule has 2 aromatic rings. The number of amides is 1. The molecule has 7 nitrogen and oxygen atoms in total. The number of carbonyl (C=O) groups is 2. The van der Waals surface area contributed by atoms with Crippen LogP contribution in [0.3, 0.4) is 0 Å². The molecule has 1 aromatic heterocycles. The van der Waals surface area contributed by atoms with E-state index in [1.807, 2.05) is 0 Å². The Labute approximate surface area is 162 Å². The predicted molar refractivity (Wildman–Crippen MR) is 99.8 cm³/mol. The maximum atomic E-state index is 13.3. The van der Waals surface area contributed by atoms with Gasteiger partial charge in [-0.25, -0.2) is 19.2 Å². The highest BCUT2D eigenvalue weighted by molar-refractivity contribution is 5.98. The molecule has 2 N–H and O–H groups in total. The zero-order chi connectivity index (χ0) is 20.5. The summed E-state index contributed by atoms with van der Waals surface area (Å²) < 4.78 is 18.6. The number of halogens is 1. The summed E-state index contributed by atoms with van der Waals surface area (Å²) in [7, 11) is 1.38. The first-order valence-electron chi connectivity index (χ1n) is 9.06. The van der Waals surface area contributed by atoms with Gasteiger partial charge in [-0.2, -0.15) is 0 Å². The Morgan fingerprint density at radius 1 is 1.29 bits per heavy atom. The minimum atomic E-state index is -1.45. The van der Waals surface area contributed by atoms with Gasteiger partial charge in [-0.3, -0.25) is 4.79 Å². The van der Waals surface area contributed by atoms with Crippen LogP contribution in [0.4, 0.5) is 4.39 Å². The minimum Gasteiger partial charge on any atom is -0.480 e. The van der Waals surface area contributed by atoms with Crippen LogP contribution in [-0.4, -0.2) is 39.6 Å². The van der Waals surface area contributed by atoms with Gasteiger partial charge in [-0.15, -0.1) is 0 Å². The second-order valence-electron chi connectivity index (χ2n) is 7.04. The van der Waals surface area contributed by atoms with Gasteiger partial charge < -0.3 is 15.2 Å². The lowest BCUT2D eigenvalue weighted by atomic mass is 9.99. The molecular weight excluding hydrogens is 365 g/mol. The number of aliphatic carboxylic acids is 1. The molecular formula is C20H22FN3O4. The third-order valence-corrected chi connectivity index (χ3v) is 4.95. The van der Waals surface area contributed by atoms with Crippen LogP contribution < -0.4 is 10.1 Å². The summed E-state index contributed by atoms with van der Waals surface area (Å²) in [5, 5.41) is 11.9. The number of nitrogens with zero attached hydrogens (tertiary/aromatic N) is 2. The normalized spacial score (nSPS) is 15.6. The van der Waals surface area contributed by atoms with Crippen molar-refractivity contribution in [3.63, 3.8) is 0 Å². The molecule has 3 rings (SSSR count). The van der Waals surface area contributed by atoms with E-state index in [0.717, 1.165) is 12.8 Å². The first-order valence-corrected chi connectivity index (χ1v) is 9.06. The Morgan fingerprint density at radius 2 is 1.93 bits per heavy atom. The zero-order valence-corrected chi connectivity index (χ0v) is 16.0. The Kier molecular flexibility index (Phi) is 5.31. The summed E-state index contributed by atoms with van der Waals surface area (Å²) in [6.07, 6.45) is 2.09. The van der Waals surface area contributed by atoms with E-state index in [1.54, 1.807) is 19.1 Å². The van der Waals surface area contributed by atoms with Gasteiger partial charge in [0.25, 0.3) is 5.91 Å². The number of hydrogen-bond acceptors (Lipinski definition) is 5. The van der Waals surface area contributed by atoms with Gasteiger partial charge in [-0.05, 0) is 50.5 Å². The second-order valence-corrected chi connectivity index (χ2v) is 7.04. The van der Waals surface area contributed by atoms with Crippen LogP contribution in [-0.2, 0) is 4.79 Å². The highest BCUT2D eigenvalue weighted by atomic mass is 19.1. The van der Waals surface area contributed by atoms with Gasteiger partial charge in [0, 0.05) is 11.5 Å². The van der Waals surface area contributed by atoms with E-state index in [2.05, 4.69) is 15.3 Å². The molecule has 148 valence electrons. The molecule has 1 aliphatic rings. The Morgan fingerprint density at radius 3 is 2.43 bits per heavy atom. The number of carboxylic acid groups (broad SMARTS) is 1. The molecule has 1 fully saturated rings. The molecule has 0 bridgehead atoms. The van der Waals surface area contributed by atoms with Crippen molar-refractivity contribution in [3.05, 3.63) is 41.5 Å². The second kappa shape index (κ2) is 7.53. The number of hydrogen-bond donors (Lipinski definition) is 2. The van der Waals surface area contributed by atoms with Crippen LogP contribution in [0.2, 0.25) is 0 Å². The number of rotatable bonds is 7. The van der Waals surface area contributed by atoms with Gasteiger partial charge in [0.1, 0.15) is 11.4 Å². The van der Waals surface area contributed by atoms with Crippen molar-refractivity contribution < 1.29 is 23.8 Å². The highest BCUT2D eigenvalue weighted by Gasteiger charge is 2.36. The summed E-state index contributed by atoms with van der Waals surface area (Å²) in [5.74, 6) is -1.98. The van der Waals surface area contributed by atoms with Crippen molar-refractivity contribution in [2.24, 2.45) is 0 Å². The van der Waals surface area contributed by atoms with Crippen molar-refractivity contribution in [2.75, 3.05) is 7.11 Å². The van der Waals surface area contributed by atoms with Gasteiger partial charge >= 0.3 is 5.97 Å². The maximum Gasteiger partial charge on any atom is 0.329 e. The third kappa shape index (κ3) is 3.81. The van der Waals surface area contributed by atoms with Crippen molar-refractivity contribution >= 4 is 11.9 Å². The molecule has 0 spiro atoms. The summed E-state index contributed by atoms with van der Waals surface area (Å²) in [4.78, 5) is 33.3. The topological polar surface area (TPSA) is 101 Å². The standard InChI is InChI=1S/C20H22FN3O4/c1-4-20(2,19(26)27)24-17(25)16-18(28-3)23-15(11-5-6-11)14(22-16)12-7-9-13(21)10-8-12/h7-11H,4-6H2,1-3H3,(H,24,25)(H,26,27). The summed E-state index contributed by atoms with van der Waals surface area (Å²) in [6, 6.07) is 5.78. The number of carboxylic acids is 1. The minimum absolute atomic E-state index is 0.0362. The molecule has 0 aliphatic heterocycles. The number of carbonyl (C=O) groups excluding carboxylic acids is 1. The van der Waals surface area contributed by atoms with E-state index in [9.17, 15) is 19.1 Å². The van der Waals surface area contributed by atoms with E-state index in [-0.39, 0.29) is 29.7 Å². The number of nitrogens with one attached hydrogen (secondary N) is 1. The molecule has 0 radical (unpaired) electrons. The number of aromatic nitrogens is 2. The fourth-order valence-electron chi connectivity index (χ4n) is 2.79. The summed E-state index contributed by atoms with van der Waals surface area (Å²) in [6.45, 7) is 3.09. The lowest BCUT2D eigenvalue weighted by Gasteiger charge is -2.24. The molecule has 1 atom stereocenters. The Bertz CT molecular complexity index is 912. The van der Waals surface area contributed by atoms with Crippen molar-refractivity contribution in [2.45, 2.75) is 44.6 Å². The number of benzene rings is 1. The molecule has 1 amide bonds. The van der Waals surface area contributed by atoms with Gasteiger partial charge in [0.15, 0.2) is 5.69 Å². The van der Waals surface area contributed by atoms with E-state index >= 15 is 0 Å². The third-order valence-electron chi connectivity index (χ3n) is 4.95. The molecule has 1 aromatic carbocycles. The molecule has 28 heavy (non-hydrogen) atoms. The van der Waals surface area contributed by atoms with E-state index in [1.165, 1.54) is 26.2 Å². The van der Waals surface area contributed by atoms with Crippen LogP contribution in [0.5, 0.6) is 5.88 Å². The number of methoxy groups -OCH3 is 1. The van der Waals surface area contributed by atoms with Crippen molar-refractivity contribution in [1.82, 2.24) is 15.3 Å². The van der Waals surface area contributed by atoms with Crippen LogP contribution in [0.1, 0.15) is 55.2 Å². The van der Waals surface area contributed by atoms with Gasteiger partial charge in [0.05, 0.1) is 18.5 Å². The fourth-order valence-corrected chi connectivity index (χ4v) is 2.79. The quantitative estimate of drug-likeness (QED) is 0.757. The first-order chi connectivity index (χ1) is 13.3. The average molecular weight is 387 g/mol. The average Bonchev–Trinajstić information content (AvgIpc) is 3.52. The largest absolute Gasteiger partial charge is 0.480 e. The van der Waals surface area contributed by atoms with Crippen LogP contribution in [0.15, 0.2) is 24.3 Å². The summed E-state index contributed by atoms with van der Waals surface area (Å²) >= 11 is 0. The predicted octanol–water partition coefficient (Wildman–Crippen LogP) is 3.15. The molecule has 8 heteroatoms. The lowest BCUT2D eigenvalue weighted by molar-refractivity contribution is -0.143. The van der Waals surface area contributed by atoms with Crippen LogP contribution in [0.25, 0.3) is 11.3 Å². The Balaban J connectivity index is 2.08.